The Morgan fingerprint density at radius 2 is 1.40 bits per heavy atom. The number of hydrogen-bond acceptors (Lipinski definition) is 18. The SMILES string of the molecule is CC(C)(N)C(=O)N[C@H](COCc1ccc(F)cc1F)c1nnnn1CCOC(=O)N1CC[C@@H](NC(=O)c2ccccc2)C1.CCCS(=O)(=O)CCNC(=O)CCCn1nnnc1[C@@H](COCc1cc(Cl)cc(Cl)c1)NC(=O)C(C)(C)N. The van der Waals surface area contributed by atoms with Crippen LogP contribution in [0.4, 0.5) is 13.6 Å². The lowest BCUT2D eigenvalue weighted by atomic mass is 10.1. The quantitative estimate of drug-likeness (QED) is 0.0417. The fraction of sp³-hybridized carbons (Fsp3) is 0.510. The third-order valence-corrected chi connectivity index (χ3v) is 14.2. The molecule has 0 unspecified atom stereocenters. The number of carbonyl (C=O) groups is 5. The highest BCUT2D eigenvalue weighted by Gasteiger charge is 2.32. The number of hydrogen-bond donors (Lipinski definition) is 6. The molecular weight excluding hydrogens is 1120 g/mol. The number of tetrazole rings is 2. The van der Waals surface area contributed by atoms with E-state index in [1.54, 1.807) is 63.2 Å². The molecular formula is C51H69Cl2F2N15O10S. The summed E-state index contributed by atoms with van der Waals surface area (Å²) in [7, 11) is -3.16. The molecule has 5 amide bonds. The molecule has 0 radical (unpaired) electrons. The van der Waals surface area contributed by atoms with Gasteiger partial charge in [0.25, 0.3) is 5.91 Å². The Hall–Kier alpha value is -6.82. The van der Waals surface area contributed by atoms with Gasteiger partial charge in [0, 0.05) is 71.6 Å². The van der Waals surface area contributed by atoms with Crippen molar-refractivity contribution in [3.63, 3.8) is 0 Å². The molecule has 30 heteroatoms. The van der Waals surface area contributed by atoms with Gasteiger partial charge in [-0.1, -0.05) is 54.4 Å². The molecule has 25 nitrogen and oxygen atoms in total. The molecule has 1 saturated heterocycles. The van der Waals surface area contributed by atoms with Crippen molar-refractivity contribution in [3.05, 3.63) is 117 Å². The molecule has 0 spiro atoms. The fourth-order valence-electron chi connectivity index (χ4n) is 7.65. The molecule has 8 N–H and O–H groups in total. The molecule has 0 aliphatic carbocycles. The summed E-state index contributed by atoms with van der Waals surface area (Å²) >= 11 is 12.1. The number of aryl methyl sites for hydroxylation is 1. The Morgan fingerprint density at radius 3 is 1.98 bits per heavy atom. The molecule has 2 aromatic heterocycles. The van der Waals surface area contributed by atoms with Gasteiger partial charge in [0.15, 0.2) is 21.5 Å². The molecule has 442 valence electrons. The molecule has 1 aliphatic heterocycles. The second-order valence-electron chi connectivity index (χ2n) is 20.1. The highest BCUT2D eigenvalue weighted by atomic mass is 35.5. The number of amides is 5. The number of sulfone groups is 1. The number of benzene rings is 3. The average molecular weight is 1190 g/mol. The number of likely N-dealkylation sites (tertiary alicyclic amines) is 1. The molecule has 3 aromatic carbocycles. The van der Waals surface area contributed by atoms with Gasteiger partial charge in [0.1, 0.15) is 30.3 Å². The zero-order valence-corrected chi connectivity index (χ0v) is 47.9. The van der Waals surface area contributed by atoms with Gasteiger partial charge >= 0.3 is 6.09 Å². The van der Waals surface area contributed by atoms with E-state index in [1.165, 1.54) is 34.2 Å². The first-order chi connectivity index (χ1) is 38.3. The third kappa shape index (κ3) is 21.9. The highest BCUT2D eigenvalue weighted by molar-refractivity contribution is 7.91. The molecule has 0 saturated carbocycles. The highest BCUT2D eigenvalue weighted by Crippen LogP contribution is 2.22. The monoisotopic (exact) mass is 1190 g/mol. The standard InChI is InChI=1S/C28H34F2N8O5.C23H35Cl2N7O5S/c1-28(2,31)26(40)33-23(17-42-16-19-8-9-20(29)14-22(19)30)24-34-35-36-38(24)12-13-43-27(41)37-11-10-21(15-37)32-25(39)18-6-4-3-5-7-18;1-4-9-38(35,36)10-7-27-20(33)6-5-8-32-21(29-30-31-32)19(28-22(34)23(2,3)26)15-37-14-16-11-17(24)13-18(25)12-16/h3-9,14,21,23H,10-13,15-17,31H2,1-2H3,(H,32,39)(H,33,40);11-13,19H,4-10,14-15,26H2,1-3H3,(H,27,33)(H,28,34)/t21-,23-;19-/m11/s1. The molecule has 1 aliphatic rings. The van der Waals surface area contributed by atoms with Crippen LogP contribution in [0.1, 0.15) is 106 Å². The van der Waals surface area contributed by atoms with Crippen LogP contribution in [0.15, 0.2) is 66.7 Å². The average Bonchev–Trinajstić information content (AvgIpc) is 4.23. The third-order valence-electron chi connectivity index (χ3n) is 11.9. The second kappa shape index (κ2) is 30.8. The molecule has 6 rings (SSSR count). The number of nitrogens with one attached hydrogen (secondary N) is 4. The van der Waals surface area contributed by atoms with Gasteiger partial charge in [-0.3, -0.25) is 19.2 Å². The number of nitrogens with two attached hydrogens (primary N) is 2. The summed E-state index contributed by atoms with van der Waals surface area (Å²) in [5, 5.41) is 35.4. The number of aromatic nitrogens is 8. The maximum atomic E-state index is 14.0. The molecule has 1 fully saturated rings. The van der Waals surface area contributed by atoms with Crippen LogP contribution in [0.5, 0.6) is 0 Å². The predicted molar refractivity (Wildman–Crippen MR) is 292 cm³/mol. The first-order valence-electron chi connectivity index (χ1n) is 25.8. The predicted octanol–water partition coefficient (Wildman–Crippen LogP) is 3.52. The molecule has 0 bridgehead atoms. The van der Waals surface area contributed by atoms with Crippen LogP contribution in [0.3, 0.4) is 0 Å². The Balaban J connectivity index is 0.000000300. The van der Waals surface area contributed by atoms with Crippen molar-refractivity contribution < 1.29 is 55.4 Å². The summed E-state index contributed by atoms with van der Waals surface area (Å²) in [5.74, 6) is -2.38. The van der Waals surface area contributed by atoms with E-state index in [0.29, 0.717) is 53.8 Å². The van der Waals surface area contributed by atoms with Crippen LogP contribution < -0.4 is 32.7 Å². The molecule has 3 heterocycles. The minimum atomic E-state index is -3.16. The van der Waals surface area contributed by atoms with E-state index >= 15 is 0 Å². The lowest BCUT2D eigenvalue weighted by molar-refractivity contribution is -0.127. The largest absolute Gasteiger partial charge is 0.447 e. The lowest BCUT2D eigenvalue weighted by Gasteiger charge is -2.24. The molecule has 81 heavy (non-hydrogen) atoms. The van der Waals surface area contributed by atoms with E-state index in [0.717, 1.165) is 17.7 Å². The molecule has 3 atom stereocenters. The van der Waals surface area contributed by atoms with Crippen LogP contribution >= 0.6 is 23.2 Å². The van der Waals surface area contributed by atoms with Crippen molar-refractivity contribution in [2.75, 3.05) is 51.0 Å². The van der Waals surface area contributed by atoms with Gasteiger partial charge in [-0.25, -0.2) is 31.4 Å². The van der Waals surface area contributed by atoms with E-state index in [9.17, 15) is 41.2 Å². The fourth-order valence-corrected chi connectivity index (χ4v) is 9.47. The Kier molecular flexibility index (Phi) is 24.7. The zero-order valence-electron chi connectivity index (χ0n) is 45.6. The van der Waals surface area contributed by atoms with E-state index in [4.69, 9.17) is 48.9 Å². The van der Waals surface area contributed by atoms with Crippen LogP contribution in [0.25, 0.3) is 0 Å². The summed E-state index contributed by atoms with van der Waals surface area (Å²) < 4.78 is 70.5. The van der Waals surface area contributed by atoms with Crippen LogP contribution in [-0.4, -0.2) is 152 Å². The van der Waals surface area contributed by atoms with Crippen molar-refractivity contribution in [3.8, 4) is 0 Å². The van der Waals surface area contributed by atoms with Gasteiger partial charge in [0.05, 0.1) is 49.8 Å². The van der Waals surface area contributed by atoms with Crippen LogP contribution in [-0.2, 0) is 64.7 Å². The van der Waals surface area contributed by atoms with Gasteiger partial charge in [0.2, 0.25) is 17.7 Å². The van der Waals surface area contributed by atoms with Gasteiger partial charge in [-0.15, -0.1) is 10.2 Å². The first kappa shape index (κ1) is 65.0. The normalized spacial score (nSPS) is 14.3. The van der Waals surface area contributed by atoms with E-state index in [-0.39, 0.29) is 99.8 Å². The number of rotatable bonds is 28. The summed E-state index contributed by atoms with van der Waals surface area (Å²) in [5.41, 5.74) is 10.9. The van der Waals surface area contributed by atoms with Gasteiger partial charge in [-0.2, -0.15) is 0 Å². The Labute approximate surface area is 477 Å². The van der Waals surface area contributed by atoms with E-state index in [1.807, 2.05) is 6.07 Å². The van der Waals surface area contributed by atoms with Crippen molar-refractivity contribution >= 4 is 62.8 Å². The summed E-state index contributed by atoms with van der Waals surface area (Å²) in [6.45, 7) is 8.86. The summed E-state index contributed by atoms with van der Waals surface area (Å²) in [4.78, 5) is 64.0. The zero-order chi connectivity index (χ0) is 59.3. The van der Waals surface area contributed by atoms with Gasteiger partial charge in [-0.05, 0) is 110 Å². The Bertz CT molecular complexity index is 2980. The summed E-state index contributed by atoms with van der Waals surface area (Å²) in [6, 6.07) is 15.2. The maximum absolute atomic E-state index is 14.0. The Morgan fingerprint density at radius 1 is 0.802 bits per heavy atom. The van der Waals surface area contributed by atoms with Crippen LogP contribution in [0.2, 0.25) is 10.0 Å². The number of ether oxygens (including phenoxy) is 3. The first-order valence-corrected chi connectivity index (χ1v) is 28.4. The number of carbonyl (C=O) groups excluding carboxylic acids is 5. The summed E-state index contributed by atoms with van der Waals surface area (Å²) in [6.07, 6.45) is 1.11. The second-order valence-corrected chi connectivity index (χ2v) is 23.2. The smallest absolute Gasteiger partial charge is 0.409 e. The van der Waals surface area contributed by atoms with E-state index in [2.05, 4.69) is 52.3 Å². The number of nitrogens with zero attached hydrogens (tertiary/aromatic N) is 9. The minimum Gasteiger partial charge on any atom is -0.447 e. The van der Waals surface area contributed by atoms with Crippen molar-refractivity contribution in [2.45, 2.75) is 116 Å². The van der Waals surface area contributed by atoms with Crippen LogP contribution in [0, 0.1) is 11.6 Å². The van der Waals surface area contributed by atoms with Crippen molar-refractivity contribution in [2.24, 2.45) is 11.5 Å². The van der Waals surface area contributed by atoms with Crippen molar-refractivity contribution in [1.29, 1.82) is 0 Å². The van der Waals surface area contributed by atoms with Gasteiger partial charge < -0.3 is 51.8 Å². The van der Waals surface area contributed by atoms with E-state index < -0.39 is 62.5 Å². The number of halogens is 4. The topological polar surface area (TPSA) is 338 Å². The maximum Gasteiger partial charge on any atom is 0.409 e. The lowest BCUT2D eigenvalue weighted by Crippen LogP contribution is -2.51. The molecule has 5 aromatic rings. The van der Waals surface area contributed by atoms with Crippen molar-refractivity contribution in [1.82, 2.24) is 66.6 Å². The minimum absolute atomic E-state index is 0.0268.